The van der Waals surface area contributed by atoms with Gasteiger partial charge in [0.05, 0.1) is 0 Å². The van der Waals surface area contributed by atoms with Gasteiger partial charge in [0.1, 0.15) is 5.82 Å². The molecule has 6 nitrogen and oxygen atoms in total. The highest BCUT2D eigenvalue weighted by Crippen LogP contribution is 2.21. The van der Waals surface area contributed by atoms with Crippen LogP contribution in [0.2, 0.25) is 5.02 Å². The van der Waals surface area contributed by atoms with E-state index >= 15 is 0 Å². The molecule has 1 aliphatic heterocycles. The Labute approximate surface area is 159 Å². The monoisotopic (exact) mass is 405 g/mol. The molecule has 1 saturated heterocycles. The average molecular weight is 406 g/mol. The first-order valence-electron chi connectivity index (χ1n) is 8.73. The zero-order valence-electron chi connectivity index (χ0n) is 14.9. The van der Waals surface area contributed by atoms with Gasteiger partial charge in [-0.2, -0.15) is 12.7 Å². The number of hydrogen-bond acceptors (Lipinski definition) is 3. The molecule has 146 valence electrons. The molecule has 1 aliphatic rings. The molecular formula is C17H25ClFN3O3S. The standard InChI is InChI=1S/C17H25ClFN3O3S/c1-21(13-14-15(18)7-5-8-16(14)19)26(24,25)20-10-6-12-22-11-4-2-3-9-17(22)23/h5,7-8,20H,2-4,6,9-13H2,1H3. The Bertz CT molecular complexity index is 710. The summed E-state index contributed by atoms with van der Waals surface area (Å²) in [5, 5.41) is 0.187. The van der Waals surface area contributed by atoms with Gasteiger partial charge in [0.25, 0.3) is 10.2 Å². The Kier molecular flexibility index (Phi) is 7.82. The minimum absolute atomic E-state index is 0.136. The fourth-order valence-electron chi connectivity index (χ4n) is 2.85. The second-order valence-corrected chi connectivity index (χ2v) is 8.67. The molecule has 26 heavy (non-hydrogen) atoms. The van der Waals surface area contributed by atoms with E-state index in [4.69, 9.17) is 11.6 Å². The zero-order chi connectivity index (χ0) is 19.2. The van der Waals surface area contributed by atoms with E-state index in [9.17, 15) is 17.6 Å². The maximum absolute atomic E-state index is 13.8. The van der Waals surface area contributed by atoms with Crippen LogP contribution < -0.4 is 4.72 Å². The van der Waals surface area contributed by atoms with E-state index in [1.807, 2.05) is 0 Å². The number of nitrogens with zero attached hydrogens (tertiary/aromatic N) is 2. The van der Waals surface area contributed by atoms with Crippen LogP contribution in [0.1, 0.15) is 37.7 Å². The summed E-state index contributed by atoms with van der Waals surface area (Å²) in [4.78, 5) is 13.7. The lowest BCUT2D eigenvalue weighted by Gasteiger charge is -2.21. The van der Waals surface area contributed by atoms with Gasteiger partial charge in [-0.25, -0.2) is 9.11 Å². The molecule has 0 spiro atoms. The highest BCUT2D eigenvalue weighted by molar-refractivity contribution is 7.87. The number of hydrogen-bond donors (Lipinski definition) is 1. The summed E-state index contributed by atoms with van der Waals surface area (Å²) in [6.07, 6.45) is 4.06. The number of carbonyl (C=O) groups excluding carboxylic acids is 1. The molecule has 1 N–H and O–H groups in total. The van der Waals surface area contributed by atoms with Crippen molar-refractivity contribution in [1.82, 2.24) is 13.9 Å². The van der Waals surface area contributed by atoms with Crippen LogP contribution in [0.5, 0.6) is 0 Å². The van der Waals surface area contributed by atoms with E-state index < -0.39 is 16.0 Å². The molecule has 1 aromatic carbocycles. The average Bonchev–Trinajstić information content (AvgIpc) is 2.79. The van der Waals surface area contributed by atoms with Crippen LogP contribution in [0.3, 0.4) is 0 Å². The Balaban J connectivity index is 1.83. The third-order valence-corrected chi connectivity index (χ3v) is 6.29. The van der Waals surface area contributed by atoms with Gasteiger partial charge in [-0.3, -0.25) is 4.79 Å². The van der Waals surface area contributed by atoms with Gasteiger partial charge >= 0.3 is 0 Å². The summed E-state index contributed by atoms with van der Waals surface area (Å²) < 4.78 is 41.9. The molecule has 0 unspecified atom stereocenters. The van der Waals surface area contributed by atoms with Crippen molar-refractivity contribution in [3.8, 4) is 0 Å². The van der Waals surface area contributed by atoms with Gasteiger partial charge < -0.3 is 4.90 Å². The van der Waals surface area contributed by atoms with Crippen molar-refractivity contribution in [3.63, 3.8) is 0 Å². The predicted octanol–water partition coefficient (Wildman–Crippen LogP) is 2.54. The number of benzene rings is 1. The van der Waals surface area contributed by atoms with Crippen molar-refractivity contribution < 1.29 is 17.6 Å². The van der Waals surface area contributed by atoms with Crippen LogP contribution in [0.25, 0.3) is 0 Å². The molecule has 0 saturated carbocycles. The lowest BCUT2D eigenvalue weighted by Crippen LogP contribution is -2.39. The molecule has 9 heteroatoms. The van der Waals surface area contributed by atoms with Gasteiger partial charge in [-0.15, -0.1) is 0 Å². The third kappa shape index (κ3) is 5.90. The predicted molar refractivity (Wildman–Crippen MR) is 99.5 cm³/mol. The normalized spacial score (nSPS) is 16.2. The minimum Gasteiger partial charge on any atom is -0.343 e. The third-order valence-electron chi connectivity index (χ3n) is 4.41. The molecular weight excluding hydrogens is 381 g/mol. The second-order valence-electron chi connectivity index (χ2n) is 6.40. The number of likely N-dealkylation sites (tertiary alicyclic amines) is 1. The van der Waals surface area contributed by atoms with Gasteiger partial charge in [0.15, 0.2) is 0 Å². The van der Waals surface area contributed by atoms with E-state index in [1.54, 1.807) is 4.90 Å². The molecule has 1 heterocycles. The lowest BCUT2D eigenvalue weighted by molar-refractivity contribution is -0.130. The van der Waals surface area contributed by atoms with Crippen molar-refractivity contribution in [1.29, 1.82) is 0 Å². The molecule has 1 fully saturated rings. The Morgan fingerprint density at radius 3 is 2.81 bits per heavy atom. The first-order chi connectivity index (χ1) is 12.3. The highest BCUT2D eigenvalue weighted by Gasteiger charge is 2.21. The summed E-state index contributed by atoms with van der Waals surface area (Å²) in [6, 6.07) is 4.23. The smallest absolute Gasteiger partial charge is 0.279 e. The van der Waals surface area contributed by atoms with Crippen LogP contribution in [-0.4, -0.2) is 50.2 Å². The lowest BCUT2D eigenvalue weighted by atomic mass is 10.2. The largest absolute Gasteiger partial charge is 0.343 e. The Morgan fingerprint density at radius 1 is 1.31 bits per heavy atom. The van der Waals surface area contributed by atoms with E-state index in [0.717, 1.165) is 30.1 Å². The topological polar surface area (TPSA) is 69.7 Å². The van der Waals surface area contributed by atoms with Crippen molar-refractivity contribution in [3.05, 3.63) is 34.6 Å². The Hall–Kier alpha value is -1.22. The van der Waals surface area contributed by atoms with Crippen molar-refractivity contribution in [2.24, 2.45) is 0 Å². The van der Waals surface area contributed by atoms with Crippen LogP contribution >= 0.6 is 11.6 Å². The van der Waals surface area contributed by atoms with Gasteiger partial charge in [-0.05, 0) is 31.4 Å². The van der Waals surface area contributed by atoms with Crippen LogP contribution in [-0.2, 0) is 21.5 Å². The summed E-state index contributed by atoms with van der Waals surface area (Å²) >= 11 is 5.94. The first-order valence-corrected chi connectivity index (χ1v) is 10.5. The fourth-order valence-corrected chi connectivity index (χ4v) is 3.99. The first kappa shape index (κ1) is 21.1. The molecule has 0 radical (unpaired) electrons. The number of nitrogens with one attached hydrogen (secondary N) is 1. The van der Waals surface area contributed by atoms with E-state index in [-0.39, 0.29) is 29.6 Å². The maximum atomic E-state index is 13.8. The molecule has 0 atom stereocenters. The maximum Gasteiger partial charge on any atom is 0.279 e. The van der Waals surface area contributed by atoms with Crippen LogP contribution in [0, 0.1) is 5.82 Å². The molecule has 1 amide bonds. The fraction of sp³-hybridized carbons (Fsp3) is 0.588. The minimum atomic E-state index is -3.76. The van der Waals surface area contributed by atoms with Gasteiger partial charge in [0, 0.05) is 50.2 Å². The summed E-state index contributed by atoms with van der Waals surface area (Å²) in [5.41, 5.74) is 0.136. The van der Waals surface area contributed by atoms with Gasteiger partial charge in [0.2, 0.25) is 5.91 Å². The van der Waals surface area contributed by atoms with Gasteiger partial charge in [-0.1, -0.05) is 24.1 Å². The molecule has 0 bridgehead atoms. The Morgan fingerprint density at radius 2 is 2.08 bits per heavy atom. The SMILES string of the molecule is CN(Cc1c(F)cccc1Cl)S(=O)(=O)NCCCN1CCCCCC1=O. The van der Waals surface area contributed by atoms with E-state index in [1.165, 1.54) is 25.2 Å². The number of amides is 1. The van der Waals surface area contributed by atoms with Crippen molar-refractivity contribution >= 4 is 27.7 Å². The molecule has 1 aromatic rings. The number of halogens is 2. The molecule has 0 aliphatic carbocycles. The highest BCUT2D eigenvalue weighted by atomic mass is 35.5. The summed E-state index contributed by atoms with van der Waals surface area (Å²) in [6.45, 7) is 1.31. The van der Waals surface area contributed by atoms with Crippen LogP contribution in [0.4, 0.5) is 4.39 Å². The van der Waals surface area contributed by atoms with Crippen molar-refractivity contribution in [2.75, 3.05) is 26.7 Å². The van der Waals surface area contributed by atoms with E-state index in [0.29, 0.717) is 19.4 Å². The zero-order valence-corrected chi connectivity index (χ0v) is 16.5. The summed E-state index contributed by atoms with van der Waals surface area (Å²) in [7, 11) is -2.40. The second kappa shape index (κ2) is 9.64. The number of carbonyl (C=O) groups is 1. The van der Waals surface area contributed by atoms with Crippen LogP contribution in [0.15, 0.2) is 18.2 Å². The molecule has 0 aromatic heterocycles. The summed E-state index contributed by atoms with van der Waals surface area (Å²) in [5.74, 6) is -0.407. The van der Waals surface area contributed by atoms with E-state index in [2.05, 4.69) is 4.72 Å². The quantitative estimate of drug-likeness (QED) is 0.675. The number of rotatable bonds is 8. The molecule has 2 rings (SSSR count). The van der Waals surface area contributed by atoms with Crippen molar-refractivity contribution in [2.45, 2.75) is 38.6 Å².